The molecule has 3 rings (SSSR count). The van der Waals surface area contributed by atoms with Gasteiger partial charge in [-0.15, -0.1) is 11.8 Å². The molecule has 0 aliphatic heterocycles. The number of pyridine rings is 1. The van der Waals surface area contributed by atoms with E-state index in [-0.39, 0.29) is 0 Å². The van der Waals surface area contributed by atoms with Gasteiger partial charge in [-0.25, -0.2) is 15.0 Å². The summed E-state index contributed by atoms with van der Waals surface area (Å²) in [6.45, 7) is 2.12. The molecule has 94 valence electrons. The molecule has 4 heteroatoms. The molecule has 3 nitrogen and oxygen atoms in total. The Morgan fingerprint density at radius 2 is 1.84 bits per heavy atom. The fraction of sp³-hybridized carbons (Fsp3) is 0.133. The molecule has 0 radical (unpaired) electrons. The topological polar surface area (TPSA) is 38.7 Å². The van der Waals surface area contributed by atoms with Crippen molar-refractivity contribution in [2.75, 3.05) is 5.75 Å². The van der Waals surface area contributed by atoms with Gasteiger partial charge in [0.15, 0.2) is 11.5 Å². The van der Waals surface area contributed by atoms with E-state index in [9.17, 15) is 0 Å². The van der Waals surface area contributed by atoms with Gasteiger partial charge < -0.3 is 0 Å². The Balaban J connectivity index is 2.22. The molecular weight excluding hydrogens is 254 g/mol. The second-order valence-corrected chi connectivity index (χ2v) is 5.28. The van der Waals surface area contributed by atoms with Crippen LogP contribution in [0.1, 0.15) is 6.92 Å². The van der Waals surface area contributed by atoms with E-state index in [1.165, 1.54) is 0 Å². The molecule has 0 fully saturated rings. The first-order valence-electron chi connectivity index (χ1n) is 6.19. The Morgan fingerprint density at radius 1 is 1.00 bits per heavy atom. The number of aromatic nitrogens is 3. The third-order valence-electron chi connectivity index (χ3n) is 2.75. The van der Waals surface area contributed by atoms with Crippen LogP contribution in [-0.4, -0.2) is 20.7 Å². The highest BCUT2D eigenvalue weighted by Crippen LogP contribution is 2.26. The van der Waals surface area contributed by atoms with Crippen LogP contribution >= 0.6 is 11.8 Å². The summed E-state index contributed by atoms with van der Waals surface area (Å²) in [4.78, 5) is 13.6. The van der Waals surface area contributed by atoms with Crippen molar-refractivity contribution in [3.05, 3.63) is 48.7 Å². The van der Waals surface area contributed by atoms with Gasteiger partial charge in [0.05, 0.1) is 5.39 Å². The van der Waals surface area contributed by atoms with Crippen LogP contribution in [0.3, 0.4) is 0 Å². The highest BCUT2D eigenvalue weighted by molar-refractivity contribution is 7.99. The Hall–Kier alpha value is -1.94. The van der Waals surface area contributed by atoms with Gasteiger partial charge in [0.1, 0.15) is 5.03 Å². The van der Waals surface area contributed by atoms with Gasteiger partial charge in [0.25, 0.3) is 0 Å². The number of hydrogen-bond acceptors (Lipinski definition) is 4. The quantitative estimate of drug-likeness (QED) is 0.534. The van der Waals surface area contributed by atoms with Crippen LogP contribution in [0.2, 0.25) is 0 Å². The van der Waals surface area contributed by atoms with E-state index in [4.69, 9.17) is 0 Å². The fourth-order valence-electron chi connectivity index (χ4n) is 1.90. The second-order valence-electron chi connectivity index (χ2n) is 4.03. The van der Waals surface area contributed by atoms with Crippen LogP contribution in [0.5, 0.6) is 0 Å². The third kappa shape index (κ3) is 2.44. The van der Waals surface area contributed by atoms with Crippen molar-refractivity contribution in [3.8, 4) is 11.4 Å². The fourth-order valence-corrected chi connectivity index (χ4v) is 2.64. The highest BCUT2D eigenvalue weighted by atomic mass is 32.2. The molecule has 2 aromatic heterocycles. The van der Waals surface area contributed by atoms with Crippen molar-refractivity contribution in [1.29, 1.82) is 0 Å². The summed E-state index contributed by atoms with van der Waals surface area (Å²) >= 11 is 1.72. The first kappa shape index (κ1) is 12.1. The predicted molar refractivity (Wildman–Crippen MR) is 79.2 cm³/mol. The molecule has 1 aromatic carbocycles. The van der Waals surface area contributed by atoms with Gasteiger partial charge in [0.2, 0.25) is 0 Å². The number of thioether (sulfide) groups is 1. The van der Waals surface area contributed by atoms with Crippen molar-refractivity contribution < 1.29 is 0 Å². The molecular formula is C15H13N3S. The smallest absolute Gasteiger partial charge is 0.164 e. The number of nitrogens with zero attached hydrogens (tertiary/aromatic N) is 3. The van der Waals surface area contributed by atoms with E-state index in [0.29, 0.717) is 0 Å². The molecule has 0 atom stereocenters. The summed E-state index contributed by atoms with van der Waals surface area (Å²) in [7, 11) is 0. The SMILES string of the molecule is CCSc1nc(-c2ccccc2)nc2ncccc12. The lowest BCUT2D eigenvalue weighted by molar-refractivity contribution is 1.09. The van der Waals surface area contributed by atoms with E-state index in [2.05, 4.69) is 21.9 Å². The minimum Gasteiger partial charge on any atom is -0.236 e. The molecule has 0 saturated carbocycles. The maximum absolute atomic E-state index is 4.67. The Kier molecular flexibility index (Phi) is 3.42. The molecule has 0 saturated heterocycles. The molecule has 3 aromatic rings. The average Bonchev–Trinajstić information content (AvgIpc) is 2.48. The maximum Gasteiger partial charge on any atom is 0.164 e. The molecule has 0 aliphatic rings. The minimum atomic E-state index is 0.739. The second kappa shape index (κ2) is 5.36. The van der Waals surface area contributed by atoms with Crippen molar-refractivity contribution in [2.24, 2.45) is 0 Å². The summed E-state index contributed by atoms with van der Waals surface area (Å²) in [6, 6.07) is 14.0. The first-order chi connectivity index (χ1) is 9.38. The van der Waals surface area contributed by atoms with E-state index in [0.717, 1.165) is 33.2 Å². The Morgan fingerprint density at radius 3 is 2.63 bits per heavy atom. The lowest BCUT2D eigenvalue weighted by atomic mass is 10.2. The van der Waals surface area contributed by atoms with Gasteiger partial charge in [-0.1, -0.05) is 37.3 Å². The standard InChI is InChI=1S/C15H13N3S/c1-2-19-15-12-9-6-10-16-14(12)17-13(18-15)11-7-4-3-5-8-11/h3-10H,2H2,1H3. The van der Waals surface area contributed by atoms with Crippen molar-refractivity contribution in [3.63, 3.8) is 0 Å². The first-order valence-corrected chi connectivity index (χ1v) is 7.18. The number of benzene rings is 1. The largest absolute Gasteiger partial charge is 0.236 e. The van der Waals surface area contributed by atoms with E-state index in [1.807, 2.05) is 42.5 Å². The minimum absolute atomic E-state index is 0.739. The summed E-state index contributed by atoms with van der Waals surface area (Å²) in [5.74, 6) is 1.72. The number of hydrogen-bond donors (Lipinski definition) is 0. The maximum atomic E-state index is 4.67. The molecule has 0 spiro atoms. The van der Waals surface area contributed by atoms with Crippen molar-refractivity contribution in [2.45, 2.75) is 11.9 Å². The Bertz CT molecular complexity index is 698. The molecule has 0 bridgehead atoms. The van der Waals surface area contributed by atoms with E-state index in [1.54, 1.807) is 18.0 Å². The van der Waals surface area contributed by atoms with Crippen LogP contribution in [0.15, 0.2) is 53.7 Å². The molecule has 2 heterocycles. The number of fused-ring (bicyclic) bond motifs is 1. The molecule has 0 N–H and O–H groups in total. The monoisotopic (exact) mass is 267 g/mol. The van der Waals surface area contributed by atoms with Crippen LogP contribution in [-0.2, 0) is 0 Å². The molecule has 0 aliphatic carbocycles. The van der Waals surface area contributed by atoms with Crippen LogP contribution in [0.25, 0.3) is 22.4 Å². The molecule has 0 unspecified atom stereocenters. The zero-order valence-electron chi connectivity index (χ0n) is 10.6. The highest BCUT2D eigenvalue weighted by Gasteiger charge is 2.09. The lowest BCUT2D eigenvalue weighted by Gasteiger charge is -2.06. The number of rotatable bonds is 3. The van der Waals surface area contributed by atoms with Crippen LogP contribution < -0.4 is 0 Å². The zero-order valence-corrected chi connectivity index (χ0v) is 11.4. The normalized spacial score (nSPS) is 10.8. The summed E-state index contributed by atoms with van der Waals surface area (Å²) in [5, 5.41) is 2.02. The summed E-state index contributed by atoms with van der Waals surface area (Å²) in [5.41, 5.74) is 1.78. The van der Waals surface area contributed by atoms with Gasteiger partial charge in [0, 0.05) is 11.8 Å². The Labute approximate surface area is 116 Å². The van der Waals surface area contributed by atoms with Gasteiger partial charge in [-0.05, 0) is 17.9 Å². The predicted octanol–water partition coefficient (Wildman–Crippen LogP) is 3.80. The van der Waals surface area contributed by atoms with Gasteiger partial charge >= 0.3 is 0 Å². The van der Waals surface area contributed by atoms with Gasteiger partial charge in [-0.2, -0.15) is 0 Å². The van der Waals surface area contributed by atoms with E-state index >= 15 is 0 Å². The lowest BCUT2D eigenvalue weighted by Crippen LogP contribution is -1.95. The zero-order chi connectivity index (χ0) is 13.1. The average molecular weight is 267 g/mol. The van der Waals surface area contributed by atoms with Crippen LogP contribution in [0.4, 0.5) is 0 Å². The van der Waals surface area contributed by atoms with Crippen LogP contribution in [0, 0.1) is 0 Å². The summed E-state index contributed by atoms with van der Waals surface area (Å²) < 4.78 is 0. The molecule has 0 amide bonds. The van der Waals surface area contributed by atoms with Gasteiger partial charge in [-0.3, -0.25) is 0 Å². The summed E-state index contributed by atoms with van der Waals surface area (Å²) in [6.07, 6.45) is 1.77. The third-order valence-corrected chi connectivity index (χ3v) is 3.62. The van der Waals surface area contributed by atoms with Crippen molar-refractivity contribution in [1.82, 2.24) is 15.0 Å². The van der Waals surface area contributed by atoms with Crippen molar-refractivity contribution >= 4 is 22.8 Å². The van der Waals surface area contributed by atoms with E-state index < -0.39 is 0 Å². The molecule has 19 heavy (non-hydrogen) atoms.